The van der Waals surface area contributed by atoms with E-state index >= 15 is 0 Å². The Labute approximate surface area is 129 Å². The average Bonchev–Trinajstić information content (AvgIpc) is 2.81. The maximum atomic E-state index is 12.5. The molecule has 0 aromatic carbocycles. The summed E-state index contributed by atoms with van der Waals surface area (Å²) in [5.74, 6) is -0.641. The number of hydrogen-bond donors (Lipinski definition) is 2. The van der Waals surface area contributed by atoms with Gasteiger partial charge in [0.15, 0.2) is 0 Å². The van der Waals surface area contributed by atoms with E-state index in [1.165, 1.54) is 0 Å². The van der Waals surface area contributed by atoms with Gasteiger partial charge < -0.3 is 5.11 Å². The highest BCUT2D eigenvalue weighted by atomic mass is 32.2. The van der Waals surface area contributed by atoms with Crippen molar-refractivity contribution >= 4 is 27.3 Å². The molecule has 1 heterocycles. The van der Waals surface area contributed by atoms with E-state index in [1.54, 1.807) is 12.3 Å². The molecule has 1 aliphatic rings. The maximum absolute atomic E-state index is 12.5. The van der Waals surface area contributed by atoms with E-state index in [-0.39, 0.29) is 15.8 Å². The number of carboxylic acid groups (broad SMARTS) is 1. The lowest BCUT2D eigenvalue weighted by Crippen LogP contribution is -2.38. The second-order valence-electron chi connectivity index (χ2n) is 5.64. The van der Waals surface area contributed by atoms with E-state index in [9.17, 15) is 13.2 Å². The molecule has 21 heavy (non-hydrogen) atoms. The van der Waals surface area contributed by atoms with Crippen molar-refractivity contribution in [2.45, 2.75) is 56.9 Å². The Balaban J connectivity index is 2.23. The molecule has 2 unspecified atom stereocenters. The van der Waals surface area contributed by atoms with Gasteiger partial charge in [-0.25, -0.2) is 17.9 Å². The third kappa shape index (κ3) is 3.64. The molecule has 7 heteroatoms. The fourth-order valence-electron chi connectivity index (χ4n) is 2.96. The summed E-state index contributed by atoms with van der Waals surface area (Å²) in [4.78, 5) is 11.0. The van der Waals surface area contributed by atoms with E-state index in [0.29, 0.717) is 11.5 Å². The zero-order valence-corrected chi connectivity index (χ0v) is 13.9. The van der Waals surface area contributed by atoms with Gasteiger partial charge in [-0.15, -0.1) is 11.3 Å². The summed E-state index contributed by atoms with van der Waals surface area (Å²) in [6.07, 6.45) is 4.87. The van der Waals surface area contributed by atoms with Gasteiger partial charge in [-0.3, -0.25) is 0 Å². The molecule has 2 atom stereocenters. The van der Waals surface area contributed by atoms with Crippen molar-refractivity contribution in [2.24, 2.45) is 5.92 Å². The number of hydrogen-bond acceptors (Lipinski definition) is 4. The molecule has 0 radical (unpaired) electrons. The molecule has 118 valence electrons. The molecule has 1 aromatic rings. The number of carbonyl (C=O) groups is 1. The zero-order valence-electron chi connectivity index (χ0n) is 12.3. The van der Waals surface area contributed by atoms with Crippen molar-refractivity contribution < 1.29 is 18.3 Å². The standard InChI is InChI=1S/C14H21NO4S2/c1-3-10-5-4-6-11(7-10)15-21(18,19)13-9(2)8-20-12(13)14(16)17/h8,10-11,15H,3-7H2,1-2H3,(H,16,17). The lowest BCUT2D eigenvalue weighted by Gasteiger charge is -2.28. The quantitative estimate of drug-likeness (QED) is 0.869. The van der Waals surface area contributed by atoms with Crippen LogP contribution >= 0.6 is 11.3 Å². The van der Waals surface area contributed by atoms with Gasteiger partial charge in [-0.1, -0.05) is 26.2 Å². The lowest BCUT2D eigenvalue weighted by atomic mass is 9.85. The number of nitrogens with one attached hydrogen (secondary N) is 1. The van der Waals surface area contributed by atoms with E-state index in [4.69, 9.17) is 5.11 Å². The van der Waals surface area contributed by atoms with Crippen molar-refractivity contribution in [1.29, 1.82) is 0 Å². The number of sulfonamides is 1. The van der Waals surface area contributed by atoms with Gasteiger partial charge in [-0.2, -0.15) is 0 Å². The van der Waals surface area contributed by atoms with E-state index < -0.39 is 16.0 Å². The molecule has 5 nitrogen and oxygen atoms in total. The topological polar surface area (TPSA) is 83.5 Å². The van der Waals surface area contributed by atoms with Crippen LogP contribution in [-0.2, 0) is 10.0 Å². The average molecular weight is 331 g/mol. The van der Waals surface area contributed by atoms with Gasteiger partial charge >= 0.3 is 5.97 Å². The number of aryl methyl sites for hydroxylation is 1. The Morgan fingerprint density at radius 3 is 2.81 bits per heavy atom. The molecule has 2 N–H and O–H groups in total. The minimum Gasteiger partial charge on any atom is -0.477 e. The molecular formula is C14H21NO4S2. The normalized spacial score (nSPS) is 23.1. The molecule has 0 saturated heterocycles. The molecular weight excluding hydrogens is 310 g/mol. The molecule has 1 aromatic heterocycles. The van der Waals surface area contributed by atoms with E-state index in [1.807, 2.05) is 0 Å². The van der Waals surface area contributed by atoms with Crippen LogP contribution in [-0.4, -0.2) is 25.5 Å². The van der Waals surface area contributed by atoms with Gasteiger partial charge in [0.25, 0.3) is 0 Å². The fraction of sp³-hybridized carbons (Fsp3) is 0.643. The zero-order chi connectivity index (χ0) is 15.6. The first-order chi connectivity index (χ1) is 9.85. The highest BCUT2D eigenvalue weighted by molar-refractivity contribution is 7.89. The predicted octanol–water partition coefficient (Wildman–Crippen LogP) is 3.00. The summed E-state index contributed by atoms with van der Waals surface area (Å²) >= 11 is 0.960. The highest BCUT2D eigenvalue weighted by Crippen LogP contribution is 2.30. The molecule has 0 amide bonds. The minimum absolute atomic E-state index is 0.0707. The van der Waals surface area contributed by atoms with Crippen LogP contribution in [0.2, 0.25) is 0 Å². The maximum Gasteiger partial charge on any atom is 0.347 e. The molecule has 0 spiro atoms. The summed E-state index contributed by atoms with van der Waals surface area (Å²) in [6, 6.07) is -0.0883. The summed E-state index contributed by atoms with van der Waals surface area (Å²) in [5, 5.41) is 10.7. The van der Waals surface area contributed by atoms with Gasteiger partial charge in [0.05, 0.1) is 0 Å². The first-order valence-corrected chi connectivity index (χ1v) is 9.55. The van der Waals surface area contributed by atoms with Crippen molar-refractivity contribution in [3.05, 3.63) is 15.8 Å². The smallest absolute Gasteiger partial charge is 0.347 e. The molecule has 1 aliphatic carbocycles. The van der Waals surface area contributed by atoms with Crippen LogP contribution in [0.4, 0.5) is 0 Å². The molecule has 1 saturated carbocycles. The molecule has 0 bridgehead atoms. The Hall–Kier alpha value is -0.920. The third-order valence-corrected chi connectivity index (χ3v) is 6.99. The van der Waals surface area contributed by atoms with Crippen LogP contribution in [0, 0.1) is 12.8 Å². The summed E-state index contributed by atoms with van der Waals surface area (Å²) < 4.78 is 27.8. The Bertz CT molecular complexity index is 621. The number of thiophene rings is 1. The third-order valence-electron chi connectivity index (χ3n) is 4.06. The first-order valence-electron chi connectivity index (χ1n) is 7.18. The first kappa shape index (κ1) is 16.5. The number of rotatable bonds is 5. The lowest BCUT2D eigenvalue weighted by molar-refractivity contribution is 0.0698. The van der Waals surface area contributed by atoms with E-state index in [0.717, 1.165) is 43.4 Å². The van der Waals surface area contributed by atoms with Crippen LogP contribution < -0.4 is 4.72 Å². The van der Waals surface area contributed by atoms with Crippen LogP contribution in [0.1, 0.15) is 54.3 Å². The number of carboxylic acids is 1. The second kappa shape index (κ2) is 6.46. The van der Waals surface area contributed by atoms with Gasteiger partial charge in [-0.05, 0) is 36.6 Å². The highest BCUT2D eigenvalue weighted by Gasteiger charge is 2.30. The van der Waals surface area contributed by atoms with Crippen molar-refractivity contribution in [3.63, 3.8) is 0 Å². The Morgan fingerprint density at radius 1 is 1.48 bits per heavy atom. The predicted molar refractivity (Wildman–Crippen MR) is 82.4 cm³/mol. The monoisotopic (exact) mass is 331 g/mol. The Morgan fingerprint density at radius 2 is 2.19 bits per heavy atom. The molecule has 2 rings (SSSR count). The SMILES string of the molecule is CCC1CCCC(NS(=O)(=O)c2c(C)csc2C(=O)O)C1. The molecule has 0 aliphatic heterocycles. The summed E-state index contributed by atoms with van der Waals surface area (Å²) in [5.41, 5.74) is 0.493. The largest absolute Gasteiger partial charge is 0.477 e. The fourth-order valence-corrected chi connectivity index (χ4v) is 5.88. The van der Waals surface area contributed by atoms with Gasteiger partial charge in [0, 0.05) is 6.04 Å². The Kier molecular flexibility index (Phi) is 5.06. The van der Waals surface area contributed by atoms with Crippen LogP contribution in [0.25, 0.3) is 0 Å². The van der Waals surface area contributed by atoms with Crippen LogP contribution in [0.15, 0.2) is 10.3 Å². The van der Waals surface area contributed by atoms with Crippen molar-refractivity contribution in [3.8, 4) is 0 Å². The van der Waals surface area contributed by atoms with Gasteiger partial charge in [0.2, 0.25) is 10.0 Å². The molecule has 1 fully saturated rings. The summed E-state index contributed by atoms with van der Waals surface area (Å²) in [7, 11) is -3.77. The van der Waals surface area contributed by atoms with Crippen molar-refractivity contribution in [1.82, 2.24) is 4.72 Å². The van der Waals surface area contributed by atoms with Gasteiger partial charge in [0.1, 0.15) is 9.77 Å². The van der Waals surface area contributed by atoms with Crippen molar-refractivity contribution in [2.75, 3.05) is 0 Å². The van der Waals surface area contributed by atoms with E-state index in [2.05, 4.69) is 11.6 Å². The summed E-state index contributed by atoms with van der Waals surface area (Å²) in [6.45, 7) is 3.75. The van der Waals surface area contributed by atoms with Crippen LogP contribution in [0.5, 0.6) is 0 Å². The van der Waals surface area contributed by atoms with Crippen LogP contribution in [0.3, 0.4) is 0 Å². The second-order valence-corrected chi connectivity index (χ2v) is 8.17. The number of aromatic carboxylic acids is 1. The minimum atomic E-state index is -3.77.